The predicted molar refractivity (Wildman–Crippen MR) is 87.2 cm³/mol. The Hall–Kier alpha value is -1.80. The van der Waals surface area contributed by atoms with Gasteiger partial charge in [0.25, 0.3) is 0 Å². The fraction of sp³-hybridized carbons (Fsp3) is 0.368. The van der Waals surface area contributed by atoms with Gasteiger partial charge in [0.2, 0.25) is 0 Å². The number of rotatable bonds is 4. The Morgan fingerprint density at radius 3 is 2.14 bits per heavy atom. The molecule has 2 aromatic rings. The van der Waals surface area contributed by atoms with Crippen LogP contribution in [-0.4, -0.2) is 11.2 Å². The average molecular weight is 281 g/mol. The van der Waals surface area contributed by atoms with Crippen LogP contribution in [0, 0.1) is 5.92 Å². The van der Waals surface area contributed by atoms with Gasteiger partial charge < -0.3 is 10.4 Å². The van der Waals surface area contributed by atoms with Crippen molar-refractivity contribution in [3.05, 3.63) is 66.2 Å². The molecule has 110 valence electrons. The van der Waals surface area contributed by atoms with E-state index in [1.165, 1.54) is 12.0 Å². The van der Waals surface area contributed by atoms with Gasteiger partial charge >= 0.3 is 0 Å². The van der Waals surface area contributed by atoms with Gasteiger partial charge in [-0.05, 0) is 30.5 Å². The summed E-state index contributed by atoms with van der Waals surface area (Å²) in [5, 5.41) is 14.1. The van der Waals surface area contributed by atoms with E-state index in [0.29, 0.717) is 0 Å². The smallest absolute Gasteiger partial charge is 0.0591 e. The van der Waals surface area contributed by atoms with Crippen molar-refractivity contribution in [2.24, 2.45) is 5.92 Å². The number of hydrogen-bond acceptors (Lipinski definition) is 2. The molecule has 0 bridgehead atoms. The van der Waals surface area contributed by atoms with Crippen LogP contribution in [0.5, 0.6) is 0 Å². The second kappa shape index (κ2) is 6.77. The zero-order chi connectivity index (χ0) is 14.5. The molecule has 0 aromatic heterocycles. The highest BCUT2D eigenvalue weighted by molar-refractivity contribution is 5.45. The van der Waals surface area contributed by atoms with Crippen LogP contribution in [0.4, 0.5) is 5.69 Å². The van der Waals surface area contributed by atoms with Crippen molar-refractivity contribution < 1.29 is 5.11 Å². The van der Waals surface area contributed by atoms with Crippen molar-refractivity contribution in [3.63, 3.8) is 0 Å². The number of para-hydroxylation sites is 1. The summed E-state index contributed by atoms with van der Waals surface area (Å²) < 4.78 is 0. The average Bonchev–Trinajstić information content (AvgIpc) is 2.55. The lowest BCUT2D eigenvalue weighted by atomic mass is 9.79. The molecule has 0 amide bonds. The van der Waals surface area contributed by atoms with Crippen LogP contribution in [0.15, 0.2) is 60.7 Å². The SMILES string of the molecule is OC1CCCCC1C(Nc1ccccc1)c1ccccc1. The van der Waals surface area contributed by atoms with Gasteiger partial charge in [-0.1, -0.05) is 61.4 Å². The number of aliphatic hydroxyl groups is 1. The summed E-state index contributed by atoms with van der Waals surface area (Å²) in [5.41, 5.74) is 2.37. The number of hydrogen-bond donors (Lipinski definition) is 2. The van der Waals surface area contributed by atoms with E-state index in [-0.39, 0.29) is 18.1 Å². The zero-order valence-corrected chi connectivity index (χ0v) is 12.3. The molecule has 21 heavy (non-hydrogen) atoms. The van der Waals surface area contributed by atoms with E-state index in [9.17, 15) is 5.11 Å². The largest absolute Gasteiger partial charge is 0.393 e. The molecule has 3 atom stereocenters. The molecule has 3 rings (SSSR count). The molecular weight excluding hydrogens is 258 g/mol. The summed E-state index contributed by atoms with van der Waals surface area (Å²) in [6.45, 7) is 0. The predicted octanol–water partition coefficient (Wildman–Crippen LogP) is 4.39. The zero-order valence-electron chi connectivity index (χ0n) is 12.3. The quantitative estimate of drug-likeness (QED) is 0.871. The Balaban J connectivity index is 1.87. The van der Waals surface area contributed by atoms with Gasteiger partial charge in [-0.15, -0.1) is 0 Å². The van der Waals surface area contributed by atoms with Gasteiger partial charge in [0.05, 0.1) is 12.1 Å². The number of aliphatic hydroxyl groups excluding tert-OH is 1. The Morgan fingerprint density at radius 2 is 1.48 bits per heavy atom. The maximum atomic E-state index is 10.4. The standard InChI is InChI=1S/C19H23NO/c21-18-14-8-7-13-17(18)19(15-9-3-1-4-10-15)20-16-11-5-2-6-12-16/h1-6,9-12,17-21H,7-8,13-14H2. The third kappa shape index (κ3) is 3.45. The molecule has 0 saturated heterocycles. The molecule has 1 fully saturated rings. The van der Waals surface area contributed by atoms with Crippen LogP contribution < -0.4 is 5.32 Å². The normalized spacial score (nSPS) is 23.5. The lowest BCUT2D eigenvalue weighted by molar-refractivity contribution is 0.0594. The fourth-order valence-electron chi connectivity index (χ4n) is 3.34. The van der Waals surface area contributed by atoms with Crippen molar-refractivity contribution in [1.82, 2.24) is 0 Å². The Bertz CT molecular complexity index is 540. The van der Waals surface area contributed by atoms with Crippen LogP contribution in [0.25, 0.3) is 0 Å². The van der Waals surface area contributed by atoms with Gasteiger partial charge in [0, 0.05) is 11.6 Å². The molecule has 2 heteroatoms. The molecule has 0 spiro atoms. The van der Waals surface area contributed by atoms with E-state index in [1.807, 2.05) is 24.3 Å². The van der Waals surface area contributed by atoms with E-state index in [2.05, 4.69) is 41.7 Å². The molecule has 1 aliphatic rings. The first kappa shape index (κ1) is 14.2. The van der Waals surface area contributed by atoms with Gasteiger partial charge in [0.15, 0.2) is 0 Å². The lowest BCUT2D eigenvalue weighted by Gasteiger charge is -2.35. The fourth-order valence-corrected chi connectivity index (χ4v) is 3.34. The van der Waals surface area contributed by atoms with Crippen LogP contribution in [-0.2, 0) is 0 Å². The van der Waals surface area contributed by atoms with Gasteiger partial charge in [-0.3, -0.25) is 0 Å². The monoisotopic (exact) mass is 281 g/mol. The molecular formula is C19H23NO. The summed E-state index contributed by atoms with van der Waals surface area (Å²) in [6, 6.07) is 21.0. The molecule has 2 N–H and O–H groups in total. The Morgan fingerprint density at radius 1 is 0.857 bits per heavy atom. The van der Waals surface area contributed by atoms with Crippen molar-refractivity contribution in [3.8, 4) is 0 Å². The second-order valence-corrected chi connectivity index (χ2v) is 5.91. The maximum Gasteiger partial charge on any atom is 0.0591 e. The van der Waals surface area contributed by atoms with Crippen LogP contribution >= 0.6 is 0 Å². The van der Waals surface area contributed by atoms with E-state index in [1.54, 1.807) is 0 Å². The van der Waals surface area contributed by atoms with Crippen LogP contribution in [0.1, 0.15) is 37.3 Å². The molecule has 2 nitrogen and oxygen atoms in total. The van der Waals surface area contributed by atoms with Crippen molar-refractivity contribution in [1.29, 1.82) is 0 Å². The van der Waals surface area contributed by atoms with E-state index < -0.39 is 0 Å². The highest BCUT2D eigenvalue weighted by Gasteiger charge is 2.31. The topological polar surface area (TPSA) is 32.3 Å². The molecule has 1 saturated carbocycles. The van der Waals surface area contributed by atoms with Gasteiger partial charge in [-0.2, -0.15) is 0 Å². The molecule has 2 aromatic carbocycles. The summed E-state index contributed by atoms with van der Waals surface area (Å²) in [7, 11) is 0. The molecule has 0 aliphatic heterocycles. The first-order chi connectivity index (χ1) is 10.3. The summed E-state index contributed by atoms with van der Waals surface area (Å²) >= 11 is 0. The first-order valence-corrected chi connectivity index (χ1v) is 7.89. The Kier molecular flexibility index (Phi) is 4.56. The highest BCUT2D eigenvalue weighted by Crippen LogP contribution is 2.36. The van der Waals surface area contributed by atoms with Gasteiger partial charge in [0.1, 0.15) is 0 Å². The van der Waals surface area contributed by atoms with Crippen molar-refractivity contribution >= 4 is 5.69 Å². The third-order valence-corrected chi connectivity index (χ3v) is 4.46. The number of nitrogens with one attached hydrogen (secondary N) is 1. The lowest BCUT2D eigenvalue weighted by Crippen LogP contribution is -2.33. The summed E-state index contributed by atoms with van der Waals surface area (Å²) in [6.07, 6.45) is 4.15. The van der Waals surface area contributed by atoms with E-state index in [0.717, 1.165) is 24.9 Å². The van der Waals surface area contributed by atoms with Crippen molar-refractivity contribution in [2.45, 2.75) is 37.8 Å². The minimum Gasteiger partial charge on any atom is -0.393 e. The minimum absolute atomic E-state index is 0.170. The number of benzene rings is 2. The Labute approximate surface area is 126 Å². The number of anilines is 1. The second-order valence-electron chi connectivity index (χ2n) is 5.91. The van der Waals surface area contributed by atoms with Crippen LogP contribution in [0.3, 0.4) is 0 Å². The molecule has 0 radical (unpaired) electrons. The van der Waals surface area contributed by atoms with E-state index in [4.69, 9.17) is 0 Å². The highest BCUT2D eigenvalue weighted by atomic mass is 16.3. The van der Waals surface area contributed by atoms with E-state index >= 15 is 0 Å². The first-order valence-electron chi connectivity index (χ1n) is 7.89. The molecule has 0 heterocycles. The summed E-state index contributed by atoms with van der Waals surface area (Å²) in [5.74, 6) is 0.279. The molecule has 3 unspecified atom stereocenters. The molecule has 1 aliphatic carbocycles. The minimum atomic E-state index is -0.208. The van der Waals surface area contributed by atoms with Crippen LogP contribution in [0.2, 0.25) is 0 Å². The summed E-state index contributed by atoms with van der Waals surface area (Å²) in [4.78, 5) is 0. The van der Waals surface area contributed by atoms with Crippen molar-refractivity contribution in [2.75, 3.05) is 5.32 Å². The third-order valence-electron chi connectivity index (χ3n) is 4.46. The maximum absolute atomic E-state index is 10.4. The van der Waals surface area contributed by atoms with Gasteiger partial charge in [-0.25, -0.2) is 0 Å².